The smallest absolute Gasteiger partial charge is 0.305 e. The van der Waals surface area contributed by atoms with Gasteiger partial charge in [0.05, 0.1) is 25.4 Å². The highest BCUT2D eigenvalue weighted by molar-refractivity contribution is 5.76. The highest BCUT2D eigenvalue weighted by Gasteiger charge is 2.20. The molecule has 0 aliphatic heterocycles. The van der Waals surface area contributed by atoms with E-state index in [1.54, 1.807) is 0 Å². The van der Waals surface area contributed by atoms with Gasteiger partial charge in [0.2, 0.25) is 5.91 Å². The van der Waals surface area contributed by atoms with Crippen LogP contribution < -0.4 is 5.32 Å². The van der Waals surface area contributed by atoms with Gasteiger partial charge < -0.3 is 20.3 Å². The number of rotatable bonds is 68. The van der Waals surface area contributed by atoms with Gasteiger partial charge in [-0.1, -0.05) is 360 Å². The van der Waals surface area contributed by atoms with E-state index in [0.29, 0.717) is 25.9 Å². The average molecular weight is 1100 g/mol. The van der Waals surface area contributed by atoms with Crippen LogP contribution in [0.25, 0.3) is 0 Å². The van der Waals surface area contributed by atoms with Gasteiger partial charge in [0.25, 0.3) is 0 Å². The SMILES string of the molecule is CCCCCCCCC/C=C\CCCCCCCCCC(=O)OCCCCCCCCCCCCCCCCCCCCCCCCCCCCCCCCC(=O)NC(CO)C(O)CCCCCCCCCCCCCCC. The molecule has 6 nitrogen and oxygen atoms in total. The van der Waals surface area contributed by atoms with Crippen molar-refractivity contribution in [1.82, 2.24) is 5.32 Å². The van der Waals surface area contributed by atoms with Crippen molar-refractivity contribution in [3.05, 3.63) is 12.2 Å². The molecule has 6 heteroatoms. The van der Waals surface area contributed by atoms with Crippen molar-refractivity contribution in [2.75, 3.05) is 13.2 Å². The molecule has 2 atom stereocenters. The van der Waals surface area contributed by atoms with E-state index >= 15 is 0 Å². The van der Waals surface area contributed by atoms with Gasteiger partial charge in [-0.15, -0.1) is 0 Å². The van der Waals surface area contributed by atoms with Crippen LogP contribution in [0.3, 0.4) is 0 Å². The molecular weight excluding hydrogens is 959 g/mol. The standard InChI is InChI=1S/C72H141NO5/c1-3-5-7-9-11-13-15-17-18-19-35-38-42-46-50-54-58-62-66-72(77)78-67-63-59-55-51-47-43-39-36-33-31-29-27-25-23-21-20-22-24-26-28-30-32-34-37-41-45-49-53-57-61-65-71(76)73-69(68-74)70(75)64-60-56-52-48-44-40-16-14-12-10-8-6-4-2/h18-19,69-70,74-75H,3-17,20-68H2,1-2H3,(H,73,76)/b19-18-. The fourth-order valence-corrected chi connectivity index (χ4v) is 11.6. The summed E-state index contributed by atoms with van der Waals surface area (Å²) in [7, 11) is 0. The van der Waals surface area contributed by atoms with Gasteiger partial charge in [0.1, 0.15) is 0 Å². The number of ether oxygens (including phenoxy) is 1. The van der Waals surface area contributed by atoms with E-state index in [1.165, 1.54) is 334 Å². The topological polar surface area (TPSA) is 95.9 Å². The largest absolute Gasteiger partial charge is 0.466 e. The second-order valence-corrected chi connectivity index (χ2v) is 24.9. The normalized spacial score (nSPS) is 12.5. The van der Waals surface area contributed by atoms with Crippen molar-refractivity contribution in [2.24, 2.45) is 0 Å². The Morgan fingerprint density at radius 2 is 0.603 bits per heavy atom. The van der Waals surface area contributed by atoms with Gasteiger partial charge in [-0.25, -0.2) is 0 Å². The van der Waals surface area contributed by atoms with Gasteiger partial charge in [-0.2, -0.15) is 0 Å². The summed E-state index contributed by atoms with van der Waals surface area (Å²) in [6, 6.07) is -0.537. The Kier molecular flexibility index (Phi) is 66.9. The Morgan fingerprint density at radius 3 is 0.910 bits per heavy atom. The first kappa shape index (κ1) is 76.6. The zero-order valence-corrected chi connectivity index (χ0v) is 53.2. The third kappa shape index (κ3) is 63.8. The molecular formula is C72H141NO5. The van der Waals surface area contributed by atoms with Crippen molar-refractivity contribution in [3.63, 3.8) is 0 Å². The fourth-order valence-electron chi connectivity index (χ4n) is 11.6. The van der Waals surface area contributed by atoms with Crippen LogP contribution in [0, 0.1) is 0 Å². The predicted molar refractivity (Wildman–Crippen MR) is 343 cm³/mol. The van der Waals surface area contributed by atoms with Crippen LogP contribution in [0.1, 0.15) is 412 Å². The molecule has 0 aliphatic carbocycles. The number of amides is 1. The summed E-state index contributed by atoms with van der Waals surface area (Å²) in [6.07, 6.45) is 84.2. The van der Waals surface area contributed by atoms with Crippen molar-refractivity contribution in [2.45, 2.75) is 424 Å². The van der Waals surface area contributed by atoms with Gasteiger partial charge in [-0.05, 0) is 51.4 Å². The monoisotopic (exact) mass is 1100 g/mol. The molecule has 3 N–H and O–H groups in total. The first-order valence-electron chi connectivity index (χ1n) is 35.9. The maximum Gasteiger partial charge on any atom is 0.305 e. The van der Waals surface area contributed by atoms with Crippen LogP contribution in [0.4, 0.5) is 0 Å². The number of aliphatic hydroxyl groups is 2. The van der Waals surface area contributed by atoms with Gasteiger partial charge in [0.15, 0.2) is 0 Å². The lowest BCUT2D eigenvalue weighted by Gasteiger charge is -2.22. The summed E-state index contributed by atoms with van der Waals surface area (Å²) in [6.45, 7) is 4.99. The van der Waals surface area contributed by atoms with E-state index < -0.39 is 12.1 Å². The molecule has 0 aromatic rings. The molecule has 0 rings (SSSR count). The van der Waals surface area contributed by atoms with E-state index in [2.05, 4.69) is 31.3 Å². The van der Waals surface area contributed by atoms with Crippen molar-refractivity contribution in [1.29, 1.82) is 0 Å². The molecule has 0 saturated heterocycles. The Labute approximate surface area is 489 Å². The van der Waals surface area contributed by atoms with Gasteiger partial charge >= 0.3 is 5.97 Å². The van der Waals surface area contributed by atoms with Crippen LogP contribution in [0.2, 0.25) is 0 Å². The number of esters is 1. The minimum absolute atomic E-state index is 0.0182. The summed E-state index contributed by atoms with van der Waals surface area (Å²) in [5, 5.41) is 23.3. The highest BCUT2D eigenvalue weighted by atomic mass is 16.5. The lowest BCUT2D eigenvalue weighted by Crippen LogP contribution is -2.45. The molecule has 0 saturated carbocycles. The van der Waals surface area contributed by atoms with Crippen molar-refractivity contribution < 1.29 is 24.5 Å². The molecule has 1 amide bonds. The van der Waals surface area contributed by atoms with Crippen LogP contribution in [0.15, 0.2) is 12.2 Å². The maximum atomic E-state index is 12.5. The molecule has 0 aromatic heterocycles. The third-order valence-electron chi connectivity index (χ3n) is 17.1. The highest BCUT2D eigenvalue weighted by Crippen LogP contribution is 2.19. The number of aliphatic hydroxyl groups excluding tert-OH is 2. The fraction of sp³-hybridized carbons (Fsp3) is 0.944. The minimum Gasteiger partial charge on any atom is -0.466 e. The molecule has 0 aliphatic rings. The van der Waals surface area contributed by atoms with E-state index in [-0.39, 0.29) is 18.5 Å². The number of hydrogen-bond acceptors (Lipinski definition) is 5. The average Bonchev–Trinajstić information content (AvgIpc) is 3.44. The number of carbonyl (C=O) groups is 2. The number of carbonyl (C=O) groups excluding carboxylic acids is 2. The molecule has 2 unspecified atom stereocenters. The quantitative estimate of drug-likeness (QED) is 0.0320. The van der Waals surface area contributed by atoms with E-state index in [1.807, 2.05) is 0 Å². The molecule has 464 valence electrons. The first-order valence-corrected chi connectivity index (χ1v) is 35.9. The molecule has 0 heterocycles. The number of unbranched alkanes of at least 4 members (excludes halogenated alkanes) is 55. The Morgan fingerprint density at radius 1 is 0.346 bits per heavy atom. The molecule has 0 radical (unpaired) electrons. The lowest BCUT2D eigenvalue weighted by atomic mass is 10.0. The molecule has 78 heavy (non-hydrogen) atoms. The zero-order chi connectivity index (χ0) is 56.4. The Balaban J connectivity index is 3.30. The van der Waals surface area contributed by atoms with E-state index in [9.17, 15) is 19.8 Å². The third-order valence-corrected chi connectivity index (χ3v) is 17.1. The molecule has 0 aromatic carbocycles. The lowest BCUT2D eigenvalue weighted by molar-refractivity contribution is -0.143. The Hall–Kier alpha value is -1.40. The number of nitrogens with one attached hydrogen (secondary N) is 1. The molecule has 0 bridgehead atoms. The minimum atomic E-state index is -0.660. The van der Waals surface area contributed by atoms with E-state index in [0.717, 1.165) is 44.9 Å². The van der Waals surface area contributed by atoms with Gasteiger partial charge in [0, 0.05) is 12.8 Å². The summed E-state index contributed by atoms with van der Waals surface area (Å²) >= 11 is 0. The van der Waals surface area contributed by atoms with Crippen LogP contribution in [0.5, 0.6) is 0 Å². The first-order chi connectivity index (χ1) is 38.5. The predicted octanol–water partition coefficient (Wildman–Crippen LogP) is 23.1. The summed E-state index contributed by atoms with van der Waals surface area (Å²) in [4.78, 5) is 24.6. The van der Waals surface area contributed by atoms with E-state index in [4.69, 9.17) is 4.74 Å². The van der Waals surface area contributed by atoms with Crippen LogP contribution >= 0.6 is 0 Å². The zero-order valence-electron chi connectivity index (χ0n) is 53.2. The van der Waals surface area contributed by atoms with Crippen LogP contribution in [-0.2, 0) is 14.3 Å². The summed E-state index contributed by atoms with van der Waals surface area (Å²) < 4.78 is 5.51. The maximum absolute atomic E-state index is 12.5. The second kappa shape index (κ2) is 68.1. The Bertz CT molecular complexity index is 1180. The second-order valence-electron chi connectivity index (χ2n) is 24.9. The number of allylic oxidation sites excluding steroid dienone is 2. The van der Waals surface area contributed by atoms with Crippen molar-refractivity contribution >= 4 is 11.9 Å². The molecule has 0 fully saturated rings. The van der Waals surface area contributed by atoms with Crippen molar-refractivity contribution in [3.8, 4) is 0 Å². The molecule has 0 spiro atoms. The number of hydrogen-bond donors (Lipinski definition) is 3. The summed E-state index contributed by atoms with van der Waals surface area (Å²) in [5.74, 6) is -0.0104. The summed E-state index contributed by atoms with van der Waals surface area (Å²) in [5.41, 5.74) is 0. The van der Waals surface area contributed by atoms with Crippen LogP contribution in [-0.4, -0.2) is 47.4 Å². The van der Waals surface area contributed by atoms with Gasteiger partial charge in [-0.3, -0.25) is 9.59 Å².